The van der Waals surface area contributed by atoms with Gasteiger partial charge in [0.2, 0.25) is 10.0 Å². The van der Waals surface area contributed by atoms with Crippen molar-refractivity contribution >= 4 is 34.1 Å². The average Bonchev–Trinajstić information content (AvgIpc) is 2.92. The number of halogens is 3. The van der Waals surface area contributed by atoms with Gasteiger partial charge in [-0.1, -0.05) is 54.6 Å². The van der Waals surface area contributed by atoms with E-state index in [1.165, 1.54) is 31.5 Å². The van der Waals surface area contributed by atoms with Crippen LogP contribution in [-0.4, -0.2) is 56.9 Å². The lowest BCUT2D eigenvalue weighted by Crippen LogP contribution is -2.43. The van der Waals surface area contributed by atoms with Crippen LogP contribution in [-0.2, 0) is 30.8 Å². The van der Waals surface area contributed by atoms with E-state index in [2.05, 4.69) is 10.4 Å². The van der Waals surface area contributed by atoms with Gasteiger partial charge in [0.15, 0.2) is 0 Å². The number of esters is 1. The Morgan fingerprint density at radius 1 is 1.05 bits per heavy atom. The number of hydrazone groups is 1. The van der Waals surface area contributed by atoms with Gasteiger partial charge in [0.05, 0.1) is 18.2 Å². The van der Waals surface area contributed by atoms with E-state index in [0.29, 0.717) is 11.1 Å². The van der Waals surface area contributed by atoms with Gasteiger partial charge in [-0.15, -0.1) is 0 Å². The normalized spacial score (nSPS) is 12.1. The van der Waals surface area contributed by atoms with Crippen molar-refractivity contribution in [3.8, 4) is 11.1 Å². The van der Waals surface area contributed by atoms with Crippen LogP contribution in [0.2, 0.25) is 0 Å². The van der Waals surface area contributed by atoms with E-state index in [1.54, 1.807) is 48.5 Å². The number of primary sulfonamides is 1. The topological polar surface area (TPSA) is 191 Å². The zero-order chi connectivity index (χ0) is 30.8. The van der Waals surface area contributed by atoms with Gasteiger partial charge in [-0.3, -0.25) is 4.79 Å². The quantitative estimate of drug-likeness (QED) is 0.132. The van der Waals surface area contributed by atoms with Crippen molar-refractivity contribution in [2.75, 3.05) is 7.11 Å². The number of methoxy groups -OCH3 is 1. The van der Waals surface area contributed by atoms with Crippen molar-refractivity contribution in [2.45, 2.75) is 23.5 Å². The Kier molecular flexibility index (Phi) is 11.1. The second-order valence-corrected chi connectivity index (χ2v) is 9.73. The lowest BCUT2D eigenvalue weighted by molar-refractivity contribution is -0.192. The SMILES string of the molecule is COC(=O)[C@H](Cc1cccc(C=NN)c1)NC(=O)c1ccc(-c2ccccc2S(N)(=O)=O)cc1.O=C(O)C(F)(F)F. The fourth-order valence-electron chi connectivity index (χ4n) is 3.45. The Morgan fingerprint density at radius 2 is 1.66 bits per heavy atom. The number of carboxylic acids is 1. The molecule has 0 aliphatic rings. The number of sulfonamides is 1. The largest absolute Gasteiger partial charge is 0.490 e. The molecule has 0 radical (unpaired) electrons. The van der Waals surface area contributed by atoms with Crippen LogP contribution in [0.5, 0.6) is 0 Å². The maximum absolute atomic E-state index is 12.8. The number of alkyl halides is 3. The van der Waals surface area contributed by atoms with Gasteiger partial charge >= 0.3 is 18.1 Å². The molecule has 3 rings (SSSR count). The van der Waals surface area contributed by atoms with Crippen molar-refractivity contribution in [1.29, 1.82) is 0 Å². The Hall–Kier alpha value is -4.76. The van der Waals surface area contributed by atoms with Gasteiger partial charge in [0.1, 0.15) is 6.04 Å². The number of carbonyl (C=O) groups excluding carboxylic acids is 2. The van der Waals surface area contributed by atoms with Crippen molar-refractivity contribution in [3.05, 3.63) is 89.5 Å². The third kappa shape index (κ3) is 9.74. The Morgan fingerprint density at radius 3 is 2.20 bits per heavy atom. The van der Waals surface area contributed by atoms with Gasteiger partial charge in [-0.2, -0.15) is 18.3 Å². The standard InChI is InChI=1S/C24H24N4O5S.C2HF3O2/c1-33-24(30)21(14-16-5-4-6-17(13-16)15-27-25)28-23(29)19-11-9-18(10-12-19)20-7-2-3-8-22(20)34(26,31)32;3-2(4,5)1(6)7/h2-13,15,21H,14,25H2,1H3,(H,28,29)(H2,26,31,32);(H,6,7)/t21-;/m0./s1. The monoisotopic (exact) mass is 594 g/mol. The number of amides is 1. The molecule has 0 aromatic heterocycles. The summed E-state index contributed by atoms with van der Waals surface area (Å²) in [6.07, 6.45) is -3.41. The van der Waals surface area contributed by atoms with Crippen LogP contribution in [0.15, 0.2) is 82.8 Å². The summed E-state index contributed by atoms with van der Waals surface area (Å²) in [5, 5.41) is 18.6. The Labute approximate surface area is 232 Å². The maximum Gasteiger partial charge on any atom is 0.490 e. The third-order valence-corrected chi connectivity index (χ3v) is 6.27. The van der Waals surface area contributed by atoms with Gasteiger partial charge in [0, 0.05) is 17.5 Å². The summed E-state index contributed by atoms with van der Waals surface area (Å²) in [7, 11) is -2.67. The lowest BCUT2D eigenvalue weighted by atomic mass is 10.0. The third-order valence-electron chi connectivity index (χ3n) is 5.30. The first-order chi connectivity index (χ1) is 19.2. The predicted octanol–water partition coefficient (Wildman–Crippen LogP) is 2.44. The van der Waals surface area contributed by atoms with Gasteiger partial charge in [-0.25, -0.2) is 23.1 Å². The van der Waals surface area contributed by atoms with Crippen molar-refractivity contribution in [2.24, 2.45) is 16.1 Å². The summed E-state index contributed by atoms with van der Waals surface area (Å²) >= 11 is 0. The molecule has 1 atom stereocenters. The minimum atomic E-state index is -5.08. The number of nitrogens with zero attached hydrogens (tertiary/aromatic N) is 1. The van der Waals surface area contributed by atoms with E-state index in [9.17, 15) is 31.2 Å². The zero-order valence-corrected chi connectivity index (χ0v) is 22.1. The molecule has 0 aliphatic heterocycles. The first kappa shape index (κ1) is 32.5. The van der Waals surface area contributed by atoms with Crippen LogP contribution < -0.4 is 16.3 Å². The smallest absolute Gasteiger partial charge is 0.475 e. The lowest BCUT2D eigenvalue weighted by Gasteiger charge is -2.17. The highest BCUT2D eigenvalue weighted by atomic mass is 32.2. The molecule has 11 nitrogen and oxygen atoms in total. The minimum Gasteiger partial charge on any atom is -0.475 e. The molecule has 0 spiro atoms. The number of nitrogens with one attached hydrogen (secondary N) is 1. The molecule has 0 saturated carbocycles. The van der Waals surface area contributed by atoms with E-state index < -0.39 is 40.1 Å². The Balaban J connectivity index is 0.000000745. The van der Waals surface area contributed by atoms with Crippen LogP contribution in [0.3, 0.4) is 0 Å². The molecular weight excluding hydrogens is 569 g/mol. The summed E-state index contributed by atoms with van der Waals surface area (Å²) in [5.74, 6) is 1.36. The zero-order valence-electron chi connectivity index (χ0n) is 21.3. The maximum atomic E-state index is 12.8. The molecule has 0 saturated heterocycles. The molecule has 0 unspecified atom stereocenters. The van der Waals surface area contributed by atoms with Crippen LogP contribution >= 0.6 is 0 Å². The van der Waals surface area contributed by atoms with Crippen LogP contribution in [0.25, 0.3) is 11.1 Å². The summed E-state index contributed by atoms with van der Waals surface area (Å²) in [6, 6.07) is 18.9. The van der Waals surface area contributed by atoms with Crippen LogP contribution in [0.4, 0.5) is 13.2 Å². The molecule has 6 N–H and O–H groups in total. The van der Waals surface area contributed by atoms with E-state index in [4.69, 9.17) is 25.6 Å². The molecule has 0 bridgehead atoms. The highest BCUT2D eigenvalue weighted by Crippen LogP contribution is 2.26. The molecule has 0 heterocycles. The number of carboxylic acid groups (broad SMARTS) is 1. The molecule has 0 aliphatic carbocycles. The fourth-order valence-corrected chi connectivity index (χ4v) is 4.21. The highest BCUT2D eigenvalue weighted by molar-refractivity contribution is 7.89. The van der Waals surface area contributed by atoms with E-state index in [0.717, 1.165) is 11.1 Å². The highest BCUT2D eigenvalue weighted by Gasteiger charge is 2.38. The number of hydrogen-bond donors (Lipinski definition) is 4. The average molecular weight is 595 g/mol. The van der Waals surface area contributed by atoms with Gasteiger partial charge in [0.25, 0.3) is 5.91 Å². The summed E-state index contributed by atoms with van der Waals surface area (Å²) in [5.41, 5.74) is 2.82. The number of rotatable bonds is 8. The van der Waals surface area contributed by atoms with Gasteiger partial charge in [-0.05, 0) is 34.9 Å². The molecule has 41 heavy (non-hydrogen) atoms. The Bertz CT molecular complexity index is 1530. The second kappa shape index (κ2) is 14.0. The van der Waals surface area contributed by atoms with Crippen LogP contribution in [0, 0.1) is 0 Å². The van der Waals surface area contributed by atoms with Crippen molar-refractivity contribution < 1.29 is 45.8 Å². The van der Waals surface area contributed by atoms with E-state index >= 15 is 0 Å². The number of hydrogen-bond acceptors (Lipinski definition) is 8. The second-order valence-electron chi connectivity index (χ2n) is 8.20. The van der Waals surface area contributed by atoms with Crippen molar-refractivity contribution in [3.63, 3.8) is 0 Å². The molecular formula is C26H25F3N4O7S. The van der Waals surface area contributed by atoms with E-state index in [-0.39, 0.29) is 16.9 Å². The predicted molar refractivity (Wildman–Crippen MR) is 142 cm³/mol. The number of nitrogens with two attached hydrogens (primary N) is 2. The summed E-state index contributed by atoms with van der Waals surface area (Å²) in [6.45, 7) is 0. The molecule has 0 fully saturated rings. The first-order valence-corrected chi connectivity index (χ1v) is 12.9. The molecule has 1 amide bonds. The molecule has 3 aromatic carbocycles. The molecule has 15 heteroatoms. The van der Waals surface area contributed by atoms with E-state index in [1.807, 2.05) is 6.07 Å². The fraction of sp³-hybridized carbons (Fsp3) is 0.154. The number of ether oxygens (including phenoxy) is 1. The number of aliphatic carboxylic acids is 1. The summed E-state index contributed by atoms with van der Waals surface area (Å²) < 4.78 is 60.3. The van der Waals surface area contributed by atoms with Crippen molar-refractivity contribution in [1.82, 2.24) is 5.32 Å². The van der Waals surface area contributed by atoms with Crippen LogP contribution in [0.1, 0.15) is 21.5 Å². The molecule has 3 aromatic rings. The van der Waals surface area contributed by atoms with Gasteiger partial charge < -0.3 is 21.0 Å². The summed E-state index contributed by atoms with van der Waals surface area (Å²) in [4.78, 5) is 34.0. The first-order valence-electron chi connectivity index (χ1n) is 11.4. The minimum absolute atomic E-state index is 0.0140. The molecule has 218 valence electrons. The number of benzene rings is 3. The number of carbonyl (C=O) groups is 3.